The summed E-state index contributed by atoms with van der Waals surface area (Å²) in [7, 11) is 0. The Kier molecular flexibility index (Phi) is 4.20. The fraction of sp³-hybridized carbons (Fsp3) is 0.333. The number of carbonyl (C=O) groups is 1. The zero-order chi connectivity index (χ0) is 13.1. The lowest BCUT2D eigenvalue weighted by Gasteiger charge is -2.28. The lowest BCUT2D eigenvalue weighted by molar-refractivity contribution is -0.153. The molecule has 0 spiro atoms. The minimum absolute atomic E-state index is 0.103. The third-order valence-corrected chi connectivity index (χ3v) is 1.94. The summed E-state index contributed by atoms with van der Waals surface area (Å²) in [6, 6.07) is 8.72. The van der Waals surface area contributed by atoms with E-state index in [2.05, 4.69) is 0 Å². The molecule has 1 aromatic carbocycles. The Balaban J connectivity index is 2.93. The van der Waals surface area contributed by atoms with Crippen molar-refractivity contribution in [2.45, 2.75) is 26.4 Å². The van der Waals surface area contributed by atoms with E-state index >= 15 is 0 Å². The standard InChI is InChI=1S/C12H16N2O2S/c1-12(2,3)16-14(11(13)17)10(15)9-7-5-4-6-8-9/h4-8H,1-3H3,(H2,13,17). The van der Waals surface area contributed by atoms with E-state index in [1.165, 1.54) is 0 Å². The van der Waals surface area contributed by atoms with Crippen LogP contribution in [0, 0.1) is 0 Å². The van der Waals surface area contributed by atoms with Gasteiger partial charge in [-0.1, -0.05) is 18.2 Å². The Hall–Kier alpha value is -1.46. The number of hydrogen-bond donors (Lipinski definition) is 1. The van der Waals surface area contributed by atoms with Gasteiger partial charge in [0.15, 0.2) is 5.11 Å². The molecule has 4 nitrogen and oxygen atoms in total. The molecule has 5 heteroatoms. The lowest BCUT2D eigenvalue weighted by atomic mass is 10.2. The van der Waals surface area contributed by atoms with Crippen LogP contribution in [-0.4, -0.2) is 21.7 Å². The summed E-state index contributed by atoms with van der Waals surface area (Å²) in [5, 5.41) is 0.846. The van der Waals surface area contributed by atoms with Crippen LogP contribution in [0.5, 0.6) is 0 Å². The van der Waals surface area contributed by atoms with Crippen molar-refractivity contribution in [3.63, 3.8) is 0 Å². The zero-order valence-electron chi connectivity index (χ0n) is 10.1. The van der Waals surface area contributed by atoms with Crippen LogP contribution in [0.25, 0.3) is 0 Å². The maximum Gasteiger partial charge on any atom is 0.284 e. The minimum atomic E-state index is -0.548. The normalized spacial score (nSPS) is 11.0. The molecular weight excluding hydrogens is 236 g/mol. The molecule has 0 atom stereocenters. The van der Waals surface area contributed by atoms with Crippen LogP contribution in [0.15, 0.2) is 30.3 Å². The highest BCUT2D eigenvalue weighted by atomic mass is 32.1. The molecule has 0 bridgehead atoms. The van der Waals surface area contributed by atoms with Gasteiger partial charge in [0.05, 0.1) is 5.60 Å². The van der Waals surface area contributed by atoms with Gasteiger partial charge in [-0.25, -0.2) is 0 Å². The summed E-state index contributed by atoms with van der Waals surface area (Å²) >= 11 is 4.82. The molecule has 0 radical (unpaired) electrons. The number of rotatable bonds is 2. The average Bonchev–Trinajstić information content (AvgIpc) is 2.25. The summed E-state index contributed by atoms with van der Waals surface area (Å²) < 4.78 is 0. The molecular formula is C12H16N2O2S. The van der Waals surface area contributed by atoms with Crippen molar-refractivity contribution in [2.75, 3.05) is 0 Å². The van der Waals surface area contributed by atoms with Gasteiger partial charge in [-0.2, -0.15) is 5.06 Å². The molecule has 17 heavy (non-hydrogen) atoms. The summed E-state index contributed by atoms with van der Waals surface area (Å²) in [6.07, 6.45) is 0. The Morgan fingerprint density at radius 3 is 2.24 bits per heavy atom. The van der Waals surface area contributed by atoms with Crippen LogP contribution in [0.3, 0.4) is 0 Å². The van der Waals surface area contributed by atoms with E-state index in [-0.39, 0.29) is 11.0 Å². The zero-order valence-corrected chi connectivity index (χ0v) is 11.0. The Bertz CT molecular complexity index is 412. The van der Waals surface area contributed by atoms with Gasteiger partial charge in [-0.05, 0) is 45.1 Å². The second kappa shape index (κ2) is 5.25. The fourth-order valence-corrected chi connectivity index (χ4v) is 1.28. The third-order valence-electron chi connectivity index (χ3n) is 1.77. The van der Waals surface area contributed by atoms with Crippen molar-refractivity contribution >= 4 is 23.2 Å². The van der Waals surface area contributed by atoms with E-state index in [0.29, 0.717) is 5.56 Å². The van der Waals surface area contributed by atoms with Crippen LogP contribution in [0.2, 0.25) is 0 Å². The quantitative estimate of drug-likeness (QED) is 0.647. The second-order valence-electron chi connectivity index (χ2n) is 4.51. The smallest absolute Gasteiger partial charge is 0.284 e. The highest BCUT2D eigenvalue weighted by Gasteiger charge is 2.25. The predicted molar refractivity (Wildman–Crippen MR) is 70.2 cm³/mol. The number of thiocarbonyl (C=S) groups is 1. The molecule has 1 rings (SSSR count). The third kappa shape index (κ3) is 4.13. The molecule has 0 unspecified atom stereocenters. The van der Waals surface area contributed by atoms with Crippen LogP contribution in [0.1, 0.15) is 31.1 Å². The number of benzene rings is 1. The number of hydrogen-bond acceptors (Lipinski definition) is 3. The first kappa shape index (κ1) is 13.6. The van der Waals surface area contributed by atoms with Crippen molar-refractivity contribution in [1.29, 1.82) is 0 Å². The van der Waals surface area contributed by atoms with Crippen LogP contribution in [0.4, 0.5) is 0 Å². The molecule has 1 aromatic rings. The molecule has 0 aromatic heterocycles. The maximum absolute atomic E-state index is 12.1. The summed E-state index contributed by atoms with van der Waals surface area (Å²) in [6.45, 7) is 5.45. The minimum Gasteiger partial charge on any atom is -0.374 e. The molecule has 1 amide bonds. The van der Waals surface area contributed by atoms with Crippen molar-refractivity contribution in [2.24, 2.45) is 5.73 Å². The van der Waals surface area contributed by atoms with Crippen molar-refractivity contribution < 1.29 is 9.63 Å². The summed E-state index contributed by atoms with van der Waals surface area (Å²) in [5.41, 5.74) is 5.42. The first-order valence-corrected chi connectivity index (χ1v) is 5.60. The highest BCUT2D eigenvalue weighted by molar-refractivity contribution is 7.80. The predicted octanol–water partition coefficient (Wildman–Crippen LogP) is 2.10. The molecule has 0 saturated carbocycles. The van der Waals surface area contributed by atoms with Gasteiger partial charge in [0, 0.05) is 5.56 Å². The van der Waals surface area contributed by atoms with Crippen molar-refractivity contribution in [3.05, 3.63) is 35.9 Å². The topological polar surface area (TPSA) is 55.6 Å². The lowest BCUT2D eigenvalue weighted by Crippen LogP contribution is -2.45. The van der Waals surface area contributed by atoms with Gasteiger partial charge in [-0.15, -0.1) is 0 Å². The maximum atomic E-state index is 12.1. The van der Waals surface area contributed by atoms with E-state index in [9.17, 15) is 4.79 Å². The van der Waals surface area contributed by atoms with Crippen molar-refractivity contribution in [3.8, 4) is 0 Å². The van der Waals surface area contributed by atoms with E-state index < -0.39 is 5.60 Å². The first-order chi connectivity index (χ1) is 7.81. The molecule has 0 saturated heterocycles. The average molecular weight is 252 g/mol. The SMILES string of the molecule is CC(C)(C)ON(C(=O)c1ccccc1)C(N)=S. The van der Waals surface area contributed by atoms with Crippen LogP contribution in [-0.2, 0) is 4.84 Å². The van der Waals surface area contributed by atoms with Gasteiger partial charge in [0.2, 0.25) is 0 Å². The fourth-order valence-electron chi connectivity index (χ4n) is 1.16. The number of nitrogens with two attached hydrogens (primary N) is 1. The molecule has 2 N–H and O–H groups in total. The molecule has 0 fully saturated rings. The number of hydroxylamine groups is 2. The summed E-state index contributed by atoms with van der Waals surface area (Å²) in [5.74, 6) is -0.368. The van der Waals surface area contributed by atoms with Gasteiger partial charge in [0.25, 0.3) is 5.91 Å². The second-order valence-corrected chi connectivity index (χ2v) is 4.93. The van der Waals surface area contributed by atoms with Gasteiger partial charge < -0.3 is 5.73 Å². The molecule has 92 valence electrons. The van der Waals surface area contributed by atoms with E-state index in [4.69, 9.17) is 22.8 Å². The van der Waals surface area contributed by atoms with Gasteiger partial charge in [-0.3, -0.25) is 9.63 Å². The highest BCUT2D eigenvalue weighted by Crippen LogP contribution is 2.13. The molecule has 0 aliphatic carbocycles. The van der Waals surface area contributed by atoms with Gasteiger partial charge >= 0.3 is 0 Å². The summed E-state index contributed by atoms with van der Waals surface area (Å²) in [4.78, 5) is 17.5. The largest absolute Gasteiger partial charge is 0.374 e. The Morgan fingerprint density at radius 1 is 1.29 bits per heavy atom. The Labute approximate surface area is 106 Å². The number of amides is 1. The Morgan fingerprint density at radius 2 is 1.82 bits per heavy atom. The van der Waals surface area contributed by atoms with Crippen LogP contribution < -0.4 is 5.73 Å². The molecule has 0 heterocycles. The molecule has 0 aliphatic heterocycles. The van der Waals surface area contributed by atoms with E-state index in [0.717, 1.165) is 5.06 Å². The number of nitrogens with zero attached hydrogens (tertiary/aromatic N) is 1. The van der Waals surface area contributed by atoms with Gasteiger partial charge in [0.1, 0.15) is 0 Å². The monoisotopic (exact) mass is 252 g/mol. The van der Waals surface area contributed by atoms with Crippen LogP contribution >= 0.6 is 12.2 Å². The molecule has 0 aliphatic rings. The van der Waals surface area contributed by atoms with E-state index in [1.54, 1.807) is 24.3 Å². The van der Waals surface area contributed by atoms with E-state index in [1.807, 2.05) is 26.8 Å². The number of carbonyl (C=O) groups excluding carboxylic acids is 1. The first-order valence-electron chi connectivity index (χ1n) is 5.19. The van der Waals surface area contributed by atoms with Crippen molar-refractivity contribution in [1.82, 2.24) is 5.06 Å².